The van der Waals surface area contributed by atoms with E-state index in [1.807, 2.05) is 26.2 Å². The van der Waals surface area contributed by atoms with Crippen LogP contribution in [0.5, 0.6) is 0 Å². The van der Waals surface area contributed by atoms with Crippen LogP contribution in [0.2, 0.25) is 0 Å². The van der Waals surface area contributed by atoms with Crippen molar-refractivity contribution in [3.8, 4) is 11.3 Å². The fraction of sp³-hybridized carbons (Fsp3) is 0.556. The fourth-order valence-electron chi connectivity index (χ4n) is 5.67. The summed E-state index contributed by atoms with van der Waals surface area (Å²) in [5.74, 6) is 0.845. The van der Waals surface area contributed by atoms with Crippen molar-refractivity contribution in [3.63, 3.8) is 0 Å². The summed E-state index contributed by atoms with van der Waals surface area (Å²) in [6, 6.07) is 7.68. The molecule has 3 aromatic rings. The summed E-state index contributed by atoms with van der Waals surface area (Å²) in [5, 5.41) is 0. The Bertz CT molecular complexity index is 1190. The Morgan fingerprint density at radius 2 is 1.88 bits per heavy atom. The SMILES string of the molecule is Cc1cc(-c2[nH]c3ccc(C4CCC(N(C)C5COC5)CC4)nc3c2C(C)C)cn(C)c1=O. The van der Waals surface area contributed by atoms with Crippen LogP contribution >= 0.6 is 0 Å². The van der Waals surface area contributed by atoms with E-state index >= 15 is 0 Å². The number of likely N-dealkylation sites (N-methyl/N-ethyl adjacent to an activating group) is 1. The van der Waals surface area contributed by atoms with Crippen LogP contribution in [0.25, 0.3) is 22.3 Å². The molecule has 1 N–H and O–H groups in total. The molecule has 5 rings (SSSR count). The van der Waals surface area contributed by atoms with Gasteiger partial charge in [-0.1, -0.05) is 13.8 Å². The summed E-state index contributed by atoms with van der Waals surface area (Å²) in [6.45, 7) is 8.10. The molecular formula is C27H36N4O2. The molecular weight excluding hydrogens is 412 g/mol. The van der Waals surface area contributed by atoms with Gasteiger partial charge in [0.1, 0.15) is 0 Å². The Morgan fingerprint density at radius 1 is 1.15 bits per heavy atom. The summed E-state index contributed by atoms with van der Waals surface area (Å²) < 4.78 is 7.06. The van der Waals surface area contributed by atoms with E-state index in [2.05, 4.69) is 42.9 Å². The number of ether oxygens (including phenoxy) is 1. The normalized spacial score (nSPS) is 21.8. The first-order chi connectivity index (χ1) is 15.8. The second-order valence-corrected chi connectivity index (χ2v) is 10.4. The van der Waals surface area contributed by atoms with E-state index in [0.29, 0.717) is 23.9 Å². The molecule has 1 saturated carbocycles. The van der Waals surface area contributed by atoms with Gasteiger partial charge in [0.15, 0.2) is 0 Å². The molecule has 4 heterocycles. The van der Waals surface area contributed by atoms with Crippen LogP contribution in [0.1, 0.15) is 68.2 Å². The molecule has 6 nitrogen and oxygen atoms in total. The highest BCUT2D eigenvalue weighted by atomic mass is 16.5. The lowest BCUT2D eigenvalue weighted by atomic mass is 9.82. The zero-order chi connectivity index (χ0) is 23.3. The van der Waals surface area contributed by atoms with E-state index in [-0.39, 0.29) is 5.56 Å². The topological polar surface area (TPSA) is 63.2 Å². The minimum Gasteiger partial charge on any atom is -0.378 e. The zero-order valence-corrected chi connectivity index (χ0v) is 20.5. The lowest BCUT2D eigenvalue weighted by Crippen LogP contribution is -2.52. The van der Waals surface area contributed by atoms with Crippen molar-refractivity contribution in [1.82, 2.24) is 19.4 Å². The number of aromatic nitrogens is 3. The van der Waals surface area contributed by atoms with Gasteiger partial charge in [-0.05, 0) is 63.8 Å². The molecule has 3 aromatic heterocycles. The van der Waals surface area contributed by atoms with Gasteiger partial charge in [-0.3, -0.25) is 14.7 Å². The highest BCUT2D eigenvalue weighted by molar-refractivity contribution is 5.88. The lowest BCUT2D eigenvalue weighted by molar-refractivity contribution is -0.0739. The first kappa shape index (κ1) is 22.4. The predicted molar refractivity (Wildman–Crippen MR) is 133 cm³/mol. The molecule has 6 heteroatoms. The molecule has 0 unspecified atom stereocenters. The summed E-state index contributed by atoms with van der Waals surface area (Å²) in [5.41, 5.74) is 7.54. The number of pyridine rings is 2. The third kappa shape index (κ3) is 4.04. The average molecular weight is 449 g/mol. The molecule has 1 aliphatic heterocycles. The maximum Gasteiger partial charge on any atom is 0.253 e. The number of nitrogens with zero attached hydrogens (tertiary/aromatic N) is 3. The van der Waals surface area contributed by atoms with E-state index in [9.17, 15) is 4.79 Å². The first-order valence-corrected chi connectivity index (χ1v) is 12.3. The summed E-state index contributed by atoms with van der Waals surface area (Å²) in [6.07, 6.45) is 6.76. The summed E-state index contributed by atoms with van der Waals surface area (Å²) in [4.78, 5) is 23.6. The van der Waals surface area contributed by atoms with Crippen LogP contribution in [-0.4, -0.2) is 51.8 Å². The smallest absolute Gasteiger partial charge is 0.253 e. The quantitative estimate of drug-likeness (QED) is 0.614. The molecule has 2 aliphatic rings. The largest absolute Gasteiger partial charge is 0.378 e. The maximum absolute atomic E-state index is 12.2. The van der Waals surface area contributed by atoms with Gasteiger partial charge in [0.05, 0.1) is 36.0 Å². The molecule has 0 aromatic carbocycles. The van der Waals surface area contributed by atoms with E-state index in [1.165, 1.54) is 36.9 Å². The minimum atomic E-state index is 0.0486. The monoisotopic (exact) mass is 448 g/mol. The lowest BCUT2D eigenvalue weighted by Gasteiger charge is -2.42. The standard InChI is InChI=1S/C27H36N4O2/c1-16(2)24-25(19-12-17(3)27(32)30(4)13-19)29-23-11-10-22(28-26(23)24)18-6-8-20(9-7-18)31(5)21-14-33-15-21/h10-13,16,18,20-21,29H,6-9,14-15H2,1-5H3. The molecule has 1 saturated heterocycles. The Kier molecular flexibility index (Phi) is 5.91. The van der Waals surface area contributed by atoms with Crippen molar-refractivity contribution in [2.75, 3.05) is 20.3 Å². The van der Waals surface area contributed by atoms with Crippen LogP contribution in [0.15, 0.2) is 29.2 Å². The third-order valence-electron chi connectivity index (χ3n) is 7.82. The Labute approximate surface area is 196 Å². The van der Waals surface area contributed by atoms with Crippen LogP contribution in [0.4, 0.5) is 0 Å². The van der Waals surface area contributed by atoms with Gasteiger partial charge < -0.3 is 14.3 Å². The highest BCUT2D eigenvalue weighted by Crippen LogP contribution is 2.38. The van der Waals surface area contributed by atoms with Gasteiger partial charge in [0.25, 0.3) is 5.56 Å². The van der Waals surface area contributed by atoms with Crippen molar-refractivity contribution in [2.45, 2.75) is 70.4 Å². The van der Waals surface area contributed by atoms with Crippen molar-refractivity contribution in [2.24, 2.45) is 7.05 Å². The zero-order valence-electron chi connectivity index (χ0n) is 20.5. The first-order valence-electron chi connectivity index (χ1n) is 12.3. The van der Waals surface area contributed by atoms with E-state index < -0.39 is 0 Å². The van der Waals surface area contributed by atoms with Crippen molar-refractivity contribution < 1.29 is 4.74 Å². The van der Waals surface area contributed by atoms with Gasteiger partial charge in [0.2, 0.25) is 0 Å². The number of hydrogen-bond acceptors (Lipinski definition) is 4. The van der Waals surface area contributed by atoms with Gasteiger partial charge in [0, 0.05) is 47.6 Å². The van der Waals surface area contributed by atoms with Crippen LogP contribution < -0.4 is 5.56 Å². The second-order valence-electron chi connectivity index (χ2n) is 10.4. The second kappa shape index (κ2) is 8.73. The molecule has 0 radical (unpaired) electrons. The molecule has 0 bridgehead atoms. The number of rotatable bonds is 5. The Hall–Kier alpha value is -2.44. The molecule has 0 amide bonds. The van der Waals surface area contributed by atoms with Crippen molar-refractivity contribution in [1.29, 1.82) is 0 Å². The summed E-state index contributed by atoms with van der Waals surface area (Å²) >= 11 is 0. The molecule has 33 heavy (non-hydrogen) atoms. The van der Waals surface area contributed by atoms with Crippen molar-refractivity contribution >= 4 is 11.0 Å². The Morgan fingerprint density at radius 3 is 2.48 bits per heavy atom. The van der Waals surface area contributed by atoms with Crippen LogP contribution in [0, 0.1) is 6.92 Å². The van der Waals surface area contributed by atoms with E-state index in [0.717, 1.165) is 41.1 Å². The van der Waals surface area contributed by atoms with Crippen LogP contribution in [0.3, 0.4) is 0 Å². The molecule has 176 valence electrons. The molecule has 0 spiro atoms. The Balaban J connectivity index is 1.45. The van der Waals surface area contributed by atoms with Crippen molar-refractivity contribution in [3.05, 3.63) is 51.6 Å². The number of H-pyrrole nitrogens is 1. The van der Waals surface area contributed by atoms with E-state index in [4.69, 9.17) is 9.72 Å². The number of fused-ring (bicyclic) bond motifs is 1. The van der Waals surface area contributed by atoms with Gasteiger partial charge in [-0.25, -0.2) is 0 Å². The van der Waals surface area contributed by atoms with Gasteiger partial charge >= 0.3 is 0 Å². The third-order valence-corrected chi connectivity index (χ3v) is 7.82. The predicted octanol–water partition coefficient (Wildman–Crippen LogP) is 4.72. The van der Waals surface area contributed by atoms with Crippen LogP contribution in [-0.2, 0) is 11.8 Å². The highest BCUT2D eigenvalue weighted by Gasteiger charge is 2.32. The number of aryl methyl sites for hydroxylation is 2. The number of aromatic amines is 1. The molecule has 0 atom stereocenters. The van der Waals surface area contributed by atoms with Gasteiger partial charge in [-0.2, -0.15) is 0 Å². The van der Waals surface area contributed by atoms with Gasteiger partial charge in [-0.15, -0.1) is 0 Å². The average Bonchev–Trinajstić information content (AvgIpc) is 3.15. The minimum absolute atomic E-state index is 0.0486. The molecule has 1 aliphatic carbocycles. The number of hydrogen-bond donors (Lipinski definition) is 1. The number of nitrogens with one attached hydrogen (secondary N) is 1. The van der Waals surface area contributed by atoms with E-state index in [1.54, 1.807) is 4.57 Å². The summed E-state index contributed by atoms with van der Waals surface area (Å²) in [7, 11) is 4.08. The fourth-order valence-corrected chi connectivity index (χ4v) is 5.67. The maximum atomic E-state index is 12.2. The molecule has 2 fully saturated rings.